The number of aromatic carboxylic acids is 1. The summed E-state index contributed by atoms with van der Waals surface area (Å²) in [5, 5.41) is 18.8. The highest BCUT2D eigenvalue weighted by Gasteiger charge is 2.14. The van der Waals surface area contributed by atoms with Crippen molar-refractivity contribution in [3.05, 3.63) is 53.6 Å². The van der Waals surface area contributed by atoms with Crippen LogP contribution >= 0.6 is 0 Å². The Bertz CT molecular complexity index is 652. The Kier molecular flexibility index (Phi) is 4.48. The molecule has 21 heavy (non-hydrogen) atoms. The van der Waals surface area contributed by atoms with Crippen molar-refractivity contribution in [3.63, 3.8) is 0 Å². The normalized spacial score (nSPS) is 10.4. The fourth-order valence-electron chi connectivity index (χ4n) is 2.29. The van der Waals surface area contributed by atoms with Gasteiger partial charge in [-0.05, 0) is 49.2 Å². The molecule has 0 aliphatic heterocycles. The van der Waals surface area contributed by atoms with E-state index in [4.69, 9.17) is 5.11 Å². The molecule has 4 nitrogen and oxygen atoms in total. The minimum atomic E-state index is -1.13. The zero-order valence-electron chi connectivity index (χ0n) is 12.2. The molecule has 2 aromatic rings. The quantitative estimate of drug-likeness (QED) is 0.873. The van der Waals surface area contributed by atoms with Gasteiger partial charge in [0.1, 0.15) is 11.3 Å². The number of nitrogens with zero attached hydrogens (tertiary/aromatic N) is 1. The number of aromatic hydroxyl groups is 1. The molecule has 0 aromatic heterocycles. The average Bonchev–Trinajstić information content (AvgIpc) is 2.45. The summed E-state index contributed by atoms with van der Waals surface area (Å²) in [6.45, 7) is 4.86. The first kappa shape index (κ1) is 14.9. The summed E-state index contributed by atoms with van der Waals surface area (Å²) < 4.78 is 0. The summed E-state index contributed by atoms with van der Waals surface area (Å²) >= 11 is 0. The number of hydrogen-bond acceptors (Lipinski definition) is 3. The lowest BCUT2D eigenvalue weighted by atomic mass is 10.1. The molecule has 0 radical (unpaired) electrons. The van der Waals surface area contributed by atoms with E-state index in [0.717, 1.165) is 29.9 Å². The van der Waals surface area contributed by atoms with Gasteiger partial charge >= 0.3 is 5.97 Å². The predicted octanol–water partition coefficient (Wildman–Crippen LogP) is 3.95. The van der Waals surface area contributed by atoms with E-state index >= 15 is 0 Å². The molecule has 0 aliphatic carbocycles. The second kappa shape index (κ2) is 6.31. The van der Waals surface area contributed by atoms with Crippen molar-refractivity contribution in [1.82, 2.24) is 0 Å². The maximum Gasteiger partial charge on any atom is 0.339 e. The first-order valence-corrected chi connectivity index (χ1v) is 6.93. The predicted molar refractivity (Wildman–Crippen MR) is 83.5 cm³/mol. The van der Waals surface area contributed by atoms with Crippen LogP contribution in [-0.2, 0) is 0 Å². The zero-order chi connectivity index (χ0) is 15.4. The number of benzene rings is 2. The number of rotatable bonds is 5. The maximum absolute atomic E-state index is 11.2. The molecule has 0 spiro atoms. The Morgan fingerprint density at radius 2 is 1.86 bits per heavy atom. The number of anilines is 2. The highest BCUT2D eigenvalue weighted by Crippen LogP contribution is 2.30. The Hall–Kier alpha value is -2.49. The van der Waals surface area contributed by atoms with Crippen LogP contribution in [0.4, 0.5) is 11.4 Å². The lowest BCUT2D eigenvalue weighted by Crippen LogP contribution is -2.18. The third kappa shape index (κ3) is 3.34. The summed E-state index contributed by atoms with van der Waals surface area (Å²) in [4.78, 5) is 13.2. The van der Waals surface area contributed by atoms with E-state index in [-0.39, 0.29) is 11.3 Å². The van der Waals surface area contributed by atoms with Crippen LogP contribution in [0.25, 0.3) is 0 Å². The fourth-order valence-corrected chi connectivity index (χ4v) is 2.29. The van der Waals surface area contributed by atoms with Gasteiger partial charge in [0.05, 0.1) is 0 Å². The van der Waals surface area contributed by atoms with E-state index in [1.165, 1.54) is 12.1 Å². The van der Waals surface area contributed by atoms with Crippen LogP contribution < -0.4 is 4.90 Å². The third-order valence-electron chi connectivity index (χ3n) is 3.28. The van der Waals surface area contributed by atoms with Crippen molar-refractivity contribution in [2.24, 2.45) is 0 Å². The van der Waals surface area contributed by atoms with Crippen LogP contribution in [0.1, 0.15) is 29.3 Å². The molecule has 0 fully saturated rings. The molecule has 0 saturated heterocycles. The van der Waals surface area contributed by atoms with Gasteiger partial charge in [0.2, 0.25) is 0 Å². The molecule has 2 aromatic carbocycles. The van der Waals surface area contributed by atoms with E-state index < -0.39 is 5.97 Å². The van der Waals surface area contributed by atoms with E-state index in [9.17, 15) is 9.90 Å². The minimum Gasteiger partial charge on any atom is -0.507 e. The summed E-state index contributed by atoms with van der Waals surface area (Å²) in [5.74, 6) is -1.35. The van der Waals surface area contributed by atoms with Crippen molar-refractivity contribution in [2.45, 2.75) is 20.3 Å². The summed E-state index contributed by atoms with van der Waals surface area (Å²) in [6, 6.07) is 12.7. The summed E-state index contributed by atoms with van der Waals surface area (Å²) in [5.41, 5.74) is 2.84. The number of hydrogen-bond donors (Lipinski definition) is 2. The van der Waals surface area contributed by atoms with Crippen LogP contribution in [0.2, 0.25) is 0 Å². The molecule has 110 valence electrons. The number of carboxylic acids is 1. The van der Waals surface area contributed by atoms with Gasteiger partial charge in [-0.3, -0.25) is 0 Å². The van der Waals surface area contributed by atoms with Crippen LogP contribution in [0.3, 0.4) is 0 Å². The monoisotopic (exact) mass is 285 g/mol. The third-order valence-corrected chi connectivity index (χ3v) is 3.28. The van der Waals surface area contributed by atoms with E-state index in [2.05, 4.69) is 17.9 Å². The Morgan fingerprint density at radius 3 is 2.48 bits per heavy atom. The second-order valence-corrected chi connectivity index (χ2v) is 5.00. The molecular weight excluding hydrogens is 266 g/mol. The smallest absolute Gasteiger partial charge is 0.339 e. The second-order valence-electron chi connectivity index (χ2n) is 5.00. The van der Waals surface area contributed by atoms with E-state index in [1.807, 2.05) is 25.1 Å². The van der Waals surface area contributed by atoms with Crippen molar-refractivity contribution in [3.8, 4) is 5.75 Å². The van der Waals surface area contributed by atoms with Gasteiger partial charge in [0, 0.05) is 17.9 Å². The lowest BCUT2D eigenvalue weighted by Gasteiger charge is -2.25. The molecule has 0 amide bonds. The molecule has 0 saturated carbocycles. The summed E-state index contributed by atoms with van der Waals surface area (Å²) in [7, 11) is 0. The number of carboxylic acid groups (broad SMARTS) is 1. The minimum absolute atomic E-state index is 0.0822. The maximum atomic E-state index is 11.2. The standard InChI is InChI=1S/C17H19NO3/c1-3-9-18(13-6-4-5-12(2)10-13)14-7-8-16(19)15(11-14)17(20)21/h4-8,10-11,19H,3,9H2,1-2H3,(H,20,21). The fraction of sp³-hybridized carbons (Fsp3) is 0.235. The first-order chi connectivity index (χ1) is 10.0. The molecule has 4 heteroatoms. The van der Waals surface area contributed by atoms with E-state index in [1.54, 1.807) is 6.07 Å². The van der Waals surface area contributed by atoms with Crippen LogP contribution in [0.15, 0.2) is 42.5 Å². The Morgan fingerprint density at radius 1 is 1.14 bits per heavy atom. The molecule has 0 bridgehead atoms. The average molecular weight is 285 g/mol. The van der Waals surface area contributed by atoms with Crippen molar-refractivity contribution in [2.75, 3.05) is 11.4 Å². The van der Waals surface area contributed by atoms with Gasteiger partial charge in [-0.1, -0.05) is 19.1 Å². The zero-order valence-corrected chi connectivity index (χ0v) is 12.2. The topological polar surface area (TPSA) is 60.8 Å². The van der Waals surface area contributed by atoms with Crippen LogP contribution in [0, 0.1) is 6.92 Å². The van der Waals surface area contributed by atoms with Gasteiger partial charge in [0.25, 0.3) is 0 Å². The highest BCUT2D eigenvalue weighted by atomic mass is 16.4. The Balaban J connectivity index is 2.48. The lowest BCUT2D eigenvalue weighted by molar-refractivity contribution is 0.0694. The van der Waals surface area contributed by atoms with Crippen molar-refractivity contribution >= 4 is 17.3 Å². The van der Waals surface area contributed by atoms with Gasteiger partial charge in [-0.15, -0.1) is 0 Å². The van der Waals surface area contributed by atoms with Gasteiger partial charge in [0.15, 0.2) is 0 Å². The van der Waals surface area contributed by atoms with Gasteiger partial charge in [-0.2, -0.15) is 0 Å². The molecule has 2 N–H and O–H groups in total. The highest BCUT2D eigenvalue weighted by molar-refractivity contribution is 5.92. The molecule has 2 rings (SSSR count). The molecule has 0 aliphatic rings. The molecule has 0 unspecified atom stereocenters. The molecular formula is C17H19NO3. The van der Waals surface area contributed by atoms with Gasteiger partial charge < -0.3 is 15.1 Å². The Labute approximate surface area is 124 Å². The first-order valence-electron chi connectivity index (χ1n) is 6.93. The summed E-state index contributed by atoms with van der Waals surface area (Å²) in [6.07, 6.45) is 0.928. The number of carbonyl (C=O) groups is 1. The van der Waals surface area contributed by atoms with E-state index in [0.29, 0.717) is 0 Å². The van der Waals surface area contributed by atoms with Crippen molar-refractivity contribution in [1.29, 1.82) is 0 Å². The molecule has 0 atom stereocenters. The molecule has 0 heterocycles. The van der Waals surface area contributed by atoms with Crippen LogP contribution in [-0.4, -0.2) is 22.7 Å². The SMILES string of the molecule is CCCN(c1cccc(C)c1)c1ccc(O)c(C(=O)O)c1. The van der Waals surface area contributed by atoms with Crippen molar-refractivity contribution < 1.29 is 15.0 Å². The largest absolute Gasteiger partial charge is 0.507 e. The number of phenols is 1. The van der Waals surface area contributed by atoms with Gasteiger partial charge in [-0.25, -0.2) is 4.79 Å². The number of aryl methyl sites for hydroxylation is 1. The van der Waals surface area contributed by atoms with Crippen LogP contribution in [0.5, 0.6) is 5.75 Å².